The molecule has 0 heterocycles. The molecule has 0 bridgehead atoms. The summed E-state index contributed by atoms with van der Waals surface area (Å²) >= 11 is 15.2. The molecule has 0 saturated heterocycles. The quantitative estimate of drug-likeness (QED) is 0.696. The van der Waals surface area contributed by atoms with Gasteiger partial charge < -0.3 is 5.32 Å². The van der Waals surface area contributed by atoms with Crippen LogP contribution in [-0.2, 0) is 6.42 Å². The third-order valence-corrected chi connectivity index (χ3v) is 4.03. The van der Waals surface area contributed by atoms with Gasteiger partial charge in [-0.25, -0.2) is 4.39 Å². The number of hydrogen-bond donors (Lipinski definition) is 1. The van der Waals surface area contributed by atoms with E-state index < -0.39 is 0 Å². The molecule has 0 radical (unpaired) electrons. The minimum atomic E-state index is -0.363. The normalized spacial score (nSPS) is 12.2. The Bertz CT molecular complexity index is 578. The highest BCUT2D eigenvalue weighted by atomic mass is 79.9. The monoisotopic (exact) mass is 375 g/mol. The highest BCUT2D eigenvalue weighted by Crippen LogP contribution is 2.32. The van der Waals surface area contributed by atoms with Gasteiger partial charge in [0.1, 0.15) is 5.82 Å². The fourth-order valence-electron chi connectivity index (χ4n) is 1.95. The van der Waals surface area contributed by atoms with Crippen LogP contribution in [0.3, 0.4) is 0 Å². The van der Waals surface area contributed by atoms with Crippen LogP contribution >= 0.6 is 39.1 Å². The summed E-state index contributed by atoms with van der Waals surface area (Å²) in [6.45, 7) is 2.04. The Morgan fingerprint density at radius 1 is 1.20 bits per heavy atom. The van der Waals surface area contributed by atoms with Gasteiger partial charge >= 0.3 is 0 Å². The smallest absolute Gasteiger partial charge is 0.125 e. The lowest BCUT2D eigenvalue weighted by Gasteiger charge is -2.18. The van der Waals surface area contributed by atoms with Gasteiger partial charge in [0.05, 0.1) is 10.7 Å². The van der Waals surface area contributed by atoms with Crippen LogP contribution in [0, 0.1) is 5.82 Å². The summed E-state index contributed by atoms with van der Waals surface area (Å²) < 4.78 is 13.8. The molecule has 0 fully saturated rings. The van der Waals surface area contributed by atoms with Crippen molar-refractivity contribution in [2.45, 2.75) is 19.4 Å². The molecule has 1 N–H and O–H groups in total. The zero-order valence-electron chi connectivity index (χ0n) is 10.8. The van der Waals surface area contributed by atoms with Crippen molar-refractivity contribution in [2.75, 3.05) is 5.32 Å². The molecule has 0 aliphatic carbocycles. The Kier molecular flexibility index (Phi) is 5.30. The van der Waals surface area contributed by atoms with Gasteiger partial charge in [-0.3, -0.25) is 0 Å². The van der Waals surface area contributed by atoms with E-state index in [2.05, 4.69) is 21.2 Å². The fourth-order valence-corrected chi connectivity index (χ4v) is 3.00. The largest absolute Gasteiger partial charge is 0.380 e. The van der Waals surface area contributed by atoms with Crippen molar-refractivity contribution < 1.29 is 4.39 Å². The molecule has 1 unspecified atom stereocenters. The van der Waals surface area contributed by atoms with Gasteiger partial charge in [-0.1, -0.05) is 35.3 Å². The minimum Gasteiger partial charge on any atom is -0.380 e. The summed E-state index contributed by atoms with van der Waals surface area (Å²) in [6, 6.07) is 10.5. The molecule has 0 aromatic heterocycles. The van der Waals surface area contributed by atoms with E-state index >= 15 is 0 Å². The van der Waals surface area contributed by atoms with Gasteiger partial charge in [-0.05, 0) is 59.1 Å². The Balaban J connectivity index is 2.08. The number of benzene rings is 2. The molecule has 2 rings (SSSR count). The summed E-state index contributed by atoms with van der Waals surface area (Å²) in [5.41, 5.74) is 1.87. The number of nitrogens with one attached hydrogen (secondary N) is 1. The maximum absolute atomic E-state index is 13.2. The van der Waals surface area contributed by atoms with Crippen LogP contribution in [0.15, 0.2) is 40.9 Å². The van der Waals surface area contributed by atoms with Gasteiger partial charge in [-0.2, -0.15) is 0 Å². The predicted molar refractivity (Wildman–Crippen MR) is 87.4 cm³/mol. The molecule has 2 aromatic rings. The van der Waals surface area contributed by atoms with E-state index in [0.29, 0.717) is 15.2 Å². The second-order valence-corrected chi connectivity index (χ2v) is 6.32. The lowest BCUT2D eigenvalue weighted by Crippen LogP contribution is -2.18. The Hall–Kier alpha value is -0.770. The van der Waals surface area contributed by atoms with Crippen LogP contribution in [0.4, 0.5) is 10.1 Å². The molecular weight excluding hydrogens is 364 g/mol. The first kappa shape index (κ1) is 15.6. The molecule has 106 valence electrons. The number of rotatable bonds is 4. The van der Waals surface area contributed by atoms with Crippen LogP contribution in [0.2, 0.25) is 10.0 Å². The zero-order chi connectivity index (χ0) is 14.7. The van der Waals surface area contributed by atoms with Crippen LogP contribution in [0.5, 0.6) is 0 Å². The van der Waals surface area contributed by atoms with Crippen molar-refractivity contribution in [3.8, 4) is 0 Å². The SMILES string of the molecule is CC(Cc1ccc(Cl)cc1)Nc1c(Cl)cc(F)cc1Br. The van der Waals surface area contributed by atoms with E-state index in [-0.39, 0.29) is 11.9 Å². The minimum absolute atomic E-state index is 0.149. The van der Waals surface area contributed by atoms with Gasteiger partial charge in [0, 0.05) is 15.5 Å². The average Bonchev–Trinajstić information content (AvgIpc) is 2.36. The van der Waals surface area contributed by atoms with E-state index in [9.17, 15) is 4.39 Å². The van der Waals surface area contributed by atoms with Crippen LogP contribution < -0.4 is 5.32 Å². The molecule has 0 aliphatic heterocycles. The van der Waals surface area contributed by atoms with Crippen molar-refractivity contribution in [1.82, 2.24) is 0 Å². The maximum Gasteiger partial charge on any atom is 0.125 e. The number of anilines is 1. The summed E-state index contributed by atoms with van der Waals surface area (Å²) in [5.74, 6) is -0.363. The summed E-state index contributed by atoms with van der Waals surface area (Å²) in [6.07, 6.45) is 0.817. The van der Waals surface area contributed by atoms with Crippen LogP contribution in [-0.4, -0.2) is 6.04 Å². The van der Waals surface area contributed by atoms with Crippen molar-refractivity contribution in [2.24, 2.45) is 0 Å². The molecule has 20 heavy (non-hydrogen) atoms. The van der Waals surface area contributed by atoms with Crippen molar-refractivity contribution in [1.29, 1.82) is 0 Å². The third kappa shape index (κ3) is 4.11. The lowest BCUT2D eigenvalue weighted by atomic mass is 10.1. The van der Waals surface area contributed by atoms with Gasteiger partial charge in [0.25, 0.3) is 0 Å². The van der Waals surface area contributed by atoms with Crippen molar-refractivity contribution >= 4 is 44.8 Å². The molecular formula is C15H13BrCl2FN. The van der Waals surface area contributed by atoms with Gasteiger partial charge in [0.2, 0.25) is 0 Å². The summed E-state index contributed by atoms with van der Waals surface area (Å²) in [5, 5.41) is 4.37. The number of hydrogen-bond acceptors (Lipinski definition) is 1. The molecule has 1 atom stereocenters. The third-order valence-electron chi connectivity index (χ3n) is 2.85. The molecule has 1 nitrogen and oxygen atoms in total. The first-order valence-corrected chi connectivity index (χ1v) is 7.66. The first-order valence-electron chi connectivity index (χ1n) is 6.11. The molecule has 2 aromatic carbocycles. The molecule has 0 aliphatic rings. The second-order valence-electron chi connectivity index (χ2n) is 4.62. The van der Waals surface area contributed by atoms with Gasteiger partial charge in [-0.15, -0.1) is 0 Å². The molecule has 0 saturated carbocycles. The maximum atomic E-state index is 13.2. The first-order chi connectivity index (χ1) is 9.45. The molecule has 0 spiro atoms. The average molecular weight is 377 g/mol. The van der Waals surface area contributed by atoms with E-state index in [0.717, 1.165) is 11.4 Å². The van der Waals surface area contributed by atoms with E-state index in [1.54, 1.807) is 0 Å². The van der Waals surface area contributed by atoms with Gasteiger partial charge in [0.15, 0.2) is 0 Å². The van der Waals surface area contributed by atoms with Crippen molar-refractivity contribution in [3.05, 3.63) is 62.3 Å². The highest BCUT2D eigenvalue weighted by molar-refractivity contribution is 9.10. The van der Waals surface area contributed by atoms with Crippen LogP contribution in [0.25, 0.3) is 0 Å². The lowest BCUT2D eigenvalue weighted by molar-refractivity contribution is 0.627. The molecule has 5 heteroatoms. The van der Waals surface area contributed by atoms with E-state index in [4.69, 9.17) is 23.2 Å². The second kappa shape index (κ2) is 6.79. The Morgan fingerprint density at radius 3 is 2.45 bits per heavy atom. The predicted octanol–water partition coefficient (Wildman–Crippen LogP) is 5.94. The summed E-state index contributed by atoms with van der Waals surface area (Å²) in [4.78, 5) is 0. The topological polar surface area (TPSA) is 12.0 Å². The highest BCUT2D eigenvalue weighted by Gasteiger charge is 2.11. The standard InChI is InChI=1S/C15H13BrCl2FN/c1-9(6-10-2-4-11(17)5-3-10)20-15-13(16)7-12(19)8-14(15)18/h2-5,7-9,20H,6H2,1H3. The molecule has 0 amide bonds. The summed E-state index contributed by atoms with van der Waals surface area (Å²) in [7, 11) is 0. The zero-order valence-corrected chi connectivity index (χ0v) is 13.9. The fraction of sp³-hybridized carbons (Fsp3) is 0.200. The van der Waals surface area contributed by atoms with Crippen molar-refractivity contribution in [3.63, 3.8) is 0 Å². The Labute approximate surface area is 136 Å². The van der Waals surface area contributed by atoms with E-state index in [1.807, 2.05) is 31.2 Å². The Morgan fingerprint density at radius 2 is 1.85 bits per heavy atom. The number of halogens is 4. The van der Waals surface area contributed by atoms with Crippen LogP contribution in [0.1, 0.15) is 12.5 Å². The van der Waals surface area contributed by atoms with E-state index in [1.165, 1.54) is 17.7 Å².